The Bertz CT molecular complexity index is 1480. The Morgan fingerprint density at radius 1 is 0.923 bits per heavy atom. The fourth-order valence-corrected chi connectivity index (χ4v) is 6.13. The number of nitrogens with zero attached hydrogens (tertiary/aromatic N) is 1. The quantitative estimate of drug-likeness (QED) is 0.249. The maximum absolute atomic E-state index is 12.5. The molecule has 0 bridgehead atoms. The van der Waals surface area contributed by atoms with E-state index in [1.165, 1.54) is 6.07 Å². The molecule has 0 radical (unpaired) electrons. The minimum atomic E-state index is -4.91. The van der Waals surface area contributed by atoms with E-state index in [1.54, 1.807) is 12.2 Å². The number of allylic oxidation sites excluding steroid dienone is 3. The Morgan fingerprint density at radius 2 is 1.51 bits per heavy atom. The van der Waals surface area contributed by atoms with E-state index in [0.29, 0.717) is 29.7 Å². The van der Waals surface area contributed by atoms with Gasteiger partial charge in [-0.25, -0.2) is 0 Å². The van der Waals surface area contributed by atoms with Crippen molar-refractivity contribution in [1.29, 1.82) is 0 Å². The van der Waals surface area contributed by atoms with E-state index in [0.717, 1.165) is 30.9 Å². The molecule has 0 fully saturated rings. The summed E-state index contributed by atoms with van der Waals surface area (Å²) >= 11 is 0. The number of nitrogens with two attached hydrogens (primary N) is 3. The molecule has 2 aromatic carbocycles. The van der Waals surface area contributed by atoms with E-state index >= 15 is 0 Å². The molecule has 1 aliphatic carbocycles. The van der Waals surface area contributed by atoms with Crippen LogP contribution in [0.4, 0.5) is 5.69 Å². The molecule has 2 aromatic rings. The zero-order chi connectivity index (χ0) is 29.0. The molecule has 0 amide bonds. The second-order valence-electron chi connectivity index (χ2n) is 9.32. The first-order valence-corrected chi connectivity index (χ1v) is 15.4. The lowest BCUT2D eigenvalue weighted by atomic mass is 9.73. The molecule has 0 aliphatic heterocycles. The monoisotopic (exact) mass is 576 g/mol. The minimum absolute atomic E-state index is 0.0548. The molecule has 8 N–H and O–H groups in total. The molecule has 0 unspecified atom stereocenters. The van der Waals surface area contributed by atoms with Gasteiger partial charge < -0.3 is 22.1 Å². The standard InChI is InChI=1S/C27H36N4O6S2/c1-3-31(4-2)21-7-5-19(6-8-21)26(20-11-13-27(14-12-20,15-16-28)25(30)18-29)23-10-9-22(38(32,33)34)17-24(23)39(35,36)37/h5-14,17,25H,3-4,15-16,18,28-30H2,1-2H3,(H,32,33,34)(H,35,36,37)/t25-,27?/m0/s1. The van der Waals surface area contributed by atoms with Crippen LogP contribution in [-0.2, 0) is 20.2 Å². The predicted molar refractivity (Wildman–Crippen MR) is 154 cm³/mol. The van der Waals surface area contributed by atoms with Crippen LogP contribution >= 0.6 is 0 Å². The van der Waals surface area contributed by atoms with Gasteiger partial charge in [-0.3, -0.25) is 9.11 Å². The molecular formula is C27H36N4O6S2. The zero-order valence-electron chi connectivity index (χ0n) is 22.0. The first-order valence-electron chi connectivity index (χ1n) is 12.5. The van der Waals surface area contributed by atoms with Gasteiger partial charge in [-0.1, -0.05) is 42.5 Å². The summed E-state index contributed by atoms with van der Waals surface area (Å²) in [6, 6.07) is 10.1. The van der Waals surface area contributed by atoms with Crippen molar-refractivity contribution in [2.24, 2.45) is 22.6 Å². The predicted octanol–water partition coefficient (Wildman–Crippen LogP) is 2.58. The number of hydrogen-bond acceptors (Lipinski definition) is 8. The zero-order valence-corrected chi connectivity index (χ0v) is 23.6. The lowest BCUT2D eigenvalue weighted by Gasteiger charge is -2.35. The highest BCUT2D eigenvalue weighted by Crippen LogP contribution is 2.39. The van der Waals surface area contributed by atoms with Gasteiger partial charge in [0, 0.05) is 42.3 Å². The summed E-state index contributed by atoms with van der Waals surface area (Å²) in [5, 5.41) is 0. The minimum Gasteiger partial charge on any atom is -0.372 e. The maximum Gasteiger partial charge on any atom is 0.295 e. The molecule has 3 rings (SSSR count). The SMILES string of the molecule is CCN(CC)c1ccc(C(=C2C=CC(CCN)([C@@H](N)CN)C=C2)c2ccc(S(=O)(=O)O)cc2S(=O)(=O)O)cc1. The second-order valence-corrected chi connectivity index (χ2v) is 12.1. The molecule has 0 saturated heterocycles. The summed E-state index contributed by atoms with van der Waals surface area (Å²) in [5.74, 6) is 0. The van der Waals surface area contributed by atoms with Crippen LogP contribution in [0, 0.1) is 5.41 Å². The Morgan fingerprint density at radius 3 is 1.97 bits per heavy atom. The molecule has 1 atom stereocenters. The van der Waals surface area contributed by atoms with Gasteiger partial charge in [-0.2, -0.15) is 16.8 Å². The molecular weight excluding hydrogens is 540 g/mol. The van der Waals surface area contributed by atoms with Crippen molar-refractivity contribution in [3.05, 3.63) is 83.5 Å². The van der Waals surface area contributed by atoms with Crippen LogP contribution < -0.4 is 22.1 Å². The van der Waals surface area contributed by atoms with E-state index in [2.05, 4.69) is 4.90 Å². The summed E-state index contributed by atoms with van der Waals surface area (Å²) in [4.78, 5) is 0.828. The molecule has 0 spiro atoms. The topological polar surface area (TPSA) is 190 Å². The lowest BCUT2D eigenvalue weighted by molar-refractivity contribution is 0.365. The average molecular weight is 577 g/mol. The highest BCUT2D eigenvalue weighted by molar-refractivity contribution is 7.86. The van der Waals surface area contributed by atoms with Crippen LogP contribution in [0.2, 0.25) is 0 Å². The van der Waals surface area contributed by atoms with E-state index in [1.807, 2.05) is 50.3 Å². The summed E-state index contributed by atoms with van der Waals surface area (Å²) in [5.41, 5.74) is 20.1. The van der Waals surface area contributed by atoms with E-state index in [-0.39, 0.29) is 12.1 Å². The molecule has 1 aliphatic rings. The van der Waals surface area contributed by atoms with Crippen molar-refractivity contribution in [3.8, 4) is 0 Å². The van der Waals surface area contributed by atoms with Crippen molar-refractivity contribution in [2.75, 3.05) is 31.1 Å². The Hall–Kier alpha value is -2.84. The van der Waals surface area contributed by atoms with Gasteiger partial charge in [-0.15, -0.1) is 0 Å². The van der Waals surface area contributed by atoms with E-state index < -0.39 is 41.5 Å². The number of benzene rings is 2. The first kappa shape index (κ1) is 30.7. The van der Waals surface area contributed by atoms with Crippen molar-refractivity contribution in [3.63, 3.8) is 0 Å². The molecule has 0 saturated carbocycles. The average Bonchev–Trinajstić information content (AvgIpc) is 2.90. The number of hydrogen-bond donors (Lipinski definition) is 5. The van der Waals surface area contributed by atoms with Gasteiger partial charge >= 0.3 is 0 Å². The van der Waals surface area contributed by atoms with Crippen molar-refractivity contribution >= 4 is 31.5 Å². The normalized spacial score (nSPS) is 18.3. The van der Waals surface area contributed by atoms with Crippen LogP contribution in [0.25, 0.3) is 5.57 Å². The second kappa shape index (κ2) is 12.1. The van der Waals surface area contributed by atoms with Crippen LogP contribution in [-0.4, -0.2) is 58.2 Å². The van der Waals surface area contributed by atoms with Crippen LogP contribution in [0.1, 0.15) is 31.4 Å². The molecule has 212 valence electrons. The third-order valence-corrected chi connectivity index (χ3v) is 8.78. The molecule has 39 heavy (non-hydrogen) atoms. The summed E-state index contributed by atoms with van der Waals surface area (Å²) in [6.07, 6.45) is 7.90. The van der Waals surface area contributed by atoms with E-state index in [4.69, 9.17) is 17.2 Å². The van der Waals surface area contributed by atoms with Gasteiger partial charge in [0.1, 0.15) is 4.90 Å². The third-order valence-electron chi connectivity index (χ3n) is 7.04. The smallest absolute Gasteiger partial charge is 0.295 e. The summed E-state index contributed by atoms with van der Waals surface area (Å²) in [6.45, 7) is 6.25. The lowest BCUT2D eigenvalue weighted by Crippen LogP contribution is -2.46. The van der Waals surface area contributed by atoms with Gasteiger partial charge in [0.15, 0.2) is 0 Å². The Kier molecular flexibility index (Phi) is 9.55. The van der Waals surface area contributed by atoms with Gasteiger partial charge in [-0.05, 0) is 67.8 Å². The van der Waals surface area contributed by atoms with Crippen molar-refractivity contribution < 1.29 is 25.9 Å². The first-order chi connectivity index (χ1) is 18.3. The Balaban J connectivity index is 2.33. The number of rotatable bonds is 11. The maximum atomic E-state index is 12.5. The van der Waals surface area contributed by atoms with Gasteiger partial charge in [0.25, 0.3) is 20.2 Å². The summed E-state index contributed by atoms with van der Waals surface area (Å²) in [7, 11) is -9.64. The van der Waals surface area contributed by atoms with Crippen LogP contribution in [0.15, 0.2) is 82.1 Å². The fraction of sp³-hybridized carbons (Fsp3) is 0.333. The van der Waals surface area contributed by atoms with Crippen molar-refractivity contribution in [1.82, 2.24) is 0 Å². The highest BCUT2D eigenvalue weighted by atomic mass is 32.2. The molecule has 12 heteroatoms. The molecule has 10 nitrogen and oxygen atoms in total. The summed E-state index contributed by atoms with van der Waals surface area (Å²) < 4.78 is 68.0. The Labute approximate surface area is 230 Å². The molecule has 0 aromatic heterocycles. The highest BCUT2D eigenvalue weighted by Gasteiger charge is 2.32. The fourth-order valence-electron chi connectivity index (χ4n) is 4.82. The van der Waals surface area contributed by atoms with Crippen molar-refractivity contribution in [2.45, 2.75) is 36.1 Å². The van der Waals surface area contributed by atoms with E-state index in [9.17, 15) is 25.9 Å². The van der Waals surface area contributed by atoms with Gasteiger partial charge in [0.05, 0.1) is 4.90 Å². The third kappa shape index (κ3) is 6.67. The van der Waals surface area contributed by atoms with Gasteiger partial charge in [0.2, 0.25) is 0 Å². The largest absolute Gasteiger partial charge is 0.372 e. The number of anilines is 1. The van der Waals surface area contributed by atoms with Crippen LogP contribution in [0.5, 0.6) is 0 Å². The van der Waals surface area contributed by atoms with Crippen LogP contribution in [0.3, 0.4) is 0 Å². The molecule has 0 heterocycles.